The lowest BCUT2D eigenvalue weighted by Gasteiger charge is -2.21. The fraction of sp³-hybridized carbons (Fsp3) is 0.500. The van der Waals surface area contributed by atoms with E-state index in [4.69, 9.17) is 0 Å². The summed E-state index contributed by atoms with van der Waals surface area (Å²) >= 11 is 0. The van der Waals surface area contributed by atoms with Gasteiger partial charge in [-0.25, -0.2) is 8.42 Å². The topological polar surface area (TPSA) is 66.5 Å². The normalized spacial score (nSPS) is 20.1. The zero-order valence-corrected chi connectivity index (χ0v) is 12.8. The summed E-state index contributed by atoms with van der Waals surface area (Å²) in [5.74, 6) is -0.248. The molecule has 1 unspecified atom stereocenters. The second kappa shape index (κ2) is 5.54. The van der Waals surface area contributed by atoms with E-state index in [-0.39, 0.29) is 5.91 Å². The highest BCUT2D eigenvalue weighted by Crippen LogP contribution is 2.23. The first-order valence-electron chi connectivity index (χ1n) is 6.64. The fourth-order valence-electron chi connectivity index (χ4n) is 2.49. The smallest absolute Gasteiger partial charge is 0.242 e. The number of hydrogen-bond acceptors (Lipinski definition) is 3. The molecular weight excluding hydrogens is 276 g/mol. The van der Waals surface area contributed by atoms with E-state index in [1.54, 1.807) is 0 Å². The van der Waals surface area contributed by atoms with Crippen LogP contribution in [0.1, 0.15) is 24.0 Å². The van der Waals surface area contributed by atoms with Crippen molar-refractivity contribution in [1.82, 2.24) is 4.31 Å². The third-order valence-corrected chi connectivity index (χ3v) is 4.87. The maximum Gasteiger partial charge on any atom is 0.242 e. The third kappa shape index (κ3) is 3.19. The van der Waals surface area contributed by atoms with Gasteiger partial charge in [0.1, 0.15) is 6.04 Å². The molecule has 6 heteroatoms. The van der Waals surface area contributed by atoms with E-state index in [1.165, 1.54) is 4.31 Å². The van der Waals surface area contributed by atoms with Gasteiger partial charge >= 0.3 is 0 Å². The SMILES string of the molecule is Cc1ccc(C)c(NC(=O)C2CCCN2S(C)(=O)=O)c1. The second-order valence-electron chi connectivity index (χ2n) is 5.34. The molecule has 1 heterocycles. The van der Waals surface area contributed by atoms with Crippen LogP contribution in [-0.4, -0.2) is 37.5 Å². The average molecular weight is 296 g/mol. The molecule has 1 aromatic carbocycles. The Morgan fingerprint density at radius 2 is 2.05 bits per heavy atom. The van der Waals surface area contributed by atoms with Crippen molar-refractivity contribution >= 4 is 21.6 Å². The molecule has 0 spiro atoms. The van der Waals surface area contributed by atoms with Crippen molar-refractivity contribution < 1.29 is 13.2 Å². The lowest BCUT2D eigenvalue weighted by Crippen LogP contribution is -2.42. The van der Waals surface area contributed by atoms with E-state index in [1.807, 2.05) is 32.0 Å². The molecule has 1 N–H and O–H groups in total. The summed E-state index contributed by atoms with van der Waals surface area (Å²) in [4.78, 5) is 12.3. The van der Waals surface area contributed by atoms with Gasteiger partial charge in [0.15, 0.2) is 0 Å². The van der Waals surface area contributed by atoms with E-state index < -0.39 is 16.1 Å². The lowest BCUT2D eigenvalue weighted by molar-refractivity contribution is -0.119. The Morgan fingerprint density at radius 1 is 1.35 bits per heavy atom. The van der Waals surface area contributed by atoms with Gasteiger partial charge in [0.05, 0.1) is 6.26 Å². The number of nitrogens with one attached hydrogen (secondary N) is 1. The van der Waals surface area contributed by atoms with Gasteiger partial charge in [-0.15, -0.1) is 0 Å². The largest absolute Gasteiger partial charge is 0.324 e. The van der Waals surface area contributed by atoms with E-state index >= 15 is 0 Å². The van der Waals surface area contributed by atoms with Gasteiger partial charge in [-0.2, -0.15) is 4.31 Å². The summed E-state index contributed by atoms with van der Waals surface area (Å²) in [7, 11) is -3.33. The monoisotopic (exact) mass is 296 g/mol. The van der Waals surface area contributed by atoms with Gasteiger partial charge in [0, 0.05) is 12.2 Å². The Kier molecular flexibility index (Phi) is 4.15. The number of aryl methyl sites for hydroxylation is 2. The van der Waals surface area contributed by atoms with Gasteiger partial charge < -0.3 is 5.32 Å². The first-order chi connectivity index (χ1) is 9.29. The number of carbonyl (C=O) groups excluding carboxylic acids is 1. The molecule has 1 aromatic rings. The van der Waals surface area contributed by atoms with E-state index in [2.05, 4.69) is 5.32 Å². The number of rotatable bonds is 3. The Hall–Kier alpha value is -1.40. The van der Waals surface area contributed by atoms with E-state index in [0.29, 0.717) is 13.0 Å². The molecular formula is C14H20N2O3S. The molecule has 1 fully saturated rings. The first-order valence-corrected chi connectivity index (χ1v) is 8.49. The molecule has 110 valence electrons. The quantitative estimate of drug-likeness (QED) is 0.922. The summed E-state index contributed by atoms with van der Waals surface area (Å²) in [5, 5.41) is 2.85. The molecule has 20 heavy (non-hydrogen) atoms. The zero-order chi connectivity index (χ0) is 14.9. The Bertz CT molecular complexity index is 625. The van der Waals surface area contributed by atoms with Crippen LogP contribution in [0, 0.1) is 13.8 Å². The number of amides is 1. The molecule has 0 radical (unpaired) electrons. The van der Waals surface area contributed by atoms with Gasteiger partial charge in [0.25, 0.3) is 0 Å². The number of benzene rings is 1. The molecule has 0 aromatic heterocycles. The molecule has 0 saturated carbocycles. The second-order valence-corrected chi connectivity index (χ2v) is 7.27. The van der Waals surface area contributed by atoms with Crippen LogP contribution in [0.2, 0.25) is 0 Å². The molecule has 1 aliphatic rings. The molecule has 1 aliphatic heterocycles. The standard InChI is InChI=1S/C14H20N2O3S/c1-10-6-7-11(2)12(9-10)15-14(17)13-5-4-8-16(13)20(3,18)19/h6-7,9,13H,4-5,8H2,1-3H3,(H,15,17). The molecule has 5 nitrogen and oxygen atoms in total. The van der Waals surface area contributed by atoms with Gasteiger partial charge in [0.2, 0.25) is 15.9 Å². The third-order valence-electron chi connectivity index (χ3n) is 3.58. The van der Waals surface area contributed by atoms with Crippen LogP contribution in [0.25, 0.3) is 0 Å². The molecule has 1 amide bonds. The highest BCUT2D eigenvalue weighted by Gasteiger charge is 2.36. The Morgan fingerprint density at radius 3 is 2.70 bits per heavy atom. The molecule has 2 rings (SSSR count). The highest BCUT2D eigenvalue weighted by molar-refractivity contribution is 7.88. The number of sulfonamides is 1. The molecule has 1 saturated heterocycles. The fourth-order valence-corrected chi connectivity index (χ4v) is 3.61. The van der Waals surface area contributed by atoms with Crippen LogP contribution in [0.3, 0.4) is 0 Å². The Labute approximate surface area is 120 Å². The lowest BCUT2D eigenvalue weighted by atomic mass is 10.1. The first kappa shape index (κ1) is 15.0. The average Bonchev–Trinajstić information content (AvgIpc) is 2.82. The number of carbonyl (C=O) groups is 1. The Balaban J connectivity index is 2.18. The van der Waals surface area contributed by atoms with Crippen molar-refractivity contribution in [3.05, 3.63) is 29.3 Å². The number of anilines is 1. The minimum absolute atomic E-state index is 0.248. The van der Waals surface area contributed by atoms with Crippen molar-refractivity contribution in [3.63, 3.8) is 0 Å². The predicted molar refractivity (Wildman–Crippen MR) is 79.1 cm³/mol. The summed E-state index contributed by atoms with van der Waals surface area (Å²) in [6.07, 6.45) is 2.44. The van der Waals surface area contributed by atoms with Crippen molar-refractivity contribution in [2.75, 3.05) is 18.1 Å². The molecule has 0 aliphatic carbocycles. The number of nitrogens with zero attached hydrogens (tertiary/aromatic N) is 1. The van der Waals surface area contributed by atoms with E-state index in [0.717, 1.165) is 29.5 Å². The van der Waals surface area contributed by atoms with Crippen molar-refractivity contribution in [2.45, 2.75) is 32.7 Å². The summed E-state index contributed by atoms with van der Waals surface area (Å²) in [6.45, 7) is 4.29. The van der Waals surface area contributed by atoms with Crippen LogP contribution < -0.4 is 5.32 Å². The summed E-state index contributed by atoms with van der Waals surface area (Å²) in [6, 6.07) is 5.22. The van der Waals surface area contributed by atoms with Crippen molar-refractivity contribution in [2.24, 2.45) is 0 Å². The van der Waals surface area contributed by atoms with Crippen molar-refractivity contribution in [1.29, 1.82) is 0 Å². The minimum Gasteiger partial charge on any atom is -0.324 e. The van der Waals surface area contributed by atoms with Crippen LogP contribution in [0.15, 0.2) is 18.2 Å². The highest BCUT2D eigenvalue weighted by atomic mass is 32.2. The minimum atomic E-state index is -3.33. The summed E-state index contributed by atoms with van der Waals surface area (Å²) in [5.41, 5.74) is 2.76. The van der Waals surface area contributed by atoms with Gasteiger partial charge in [-0.3, -0.25) is 4.79 Å². The maximum atomic E-state index is 12.3. The van der Waals surface area contributed by atoms with Gasteiger partial charge in [-0.05, 0) is 43.9 Å². The maximum absolute atomic E-state index is 12.3. The molecule has 0 bridgehead atoms. The van der Waals surface area contributed by atoms with Gasteiger partial charge in [-0.1, -0.05) is 12.1 Å². The van der Waals surface area contributed by atoms with Crippen LogP contribution in [-0.2, 0) is 14.8 Å². The predicted octanol–water partition coefficient (Wildman–Crippen LogP) is 1.67. The van der Waals surface area contributed by atoms with E-state index in [9.17, 15) is 13.2 Å². The number of hydrogen-bond donors (Lipinski definition) is 1. The zero-order valence-electron chi connectivity index (χ0n) is 12.0. The van der Waals surface area contributed by atoms with Crippen molar-refractivity contribution in [3.8, 4) is 0 Å². The van der Waals surface area contributed by atoms with Crippen LogP contribution >= 0.6 is 0 Å². The van der Waals surface area contributed by atoms with Crippen LogP contribution in [0.5, 0.6) is 0 Å². The van der Waals surface area contributed by atoms with Crippen LogP contribution in [0.4, 0.5) is 5.69 Å². The summed E-state index contributed by atoms with van der Waals surface area (Å²) < 4.78 is 24.6. The molecule has 1 atom stereocenters.